The van der Waals surface area contributed by atoms with Crippen molar-refractivity contribution in [2.75, 3.05) is 25.4 Å². The molecule has 0 aliphatic carbocycles. The van der Waals surface area contributed by atoms with Crippen LogP contribution < -0.4 is 0 Å². The van der Waals surface area contributed by atoms with E-state index in [1.54, 1.807) is 0 Å². The Kier molecular flexibility index (Phi) is 5.86. The van der Waals surface area contributed by atoms with Crippen LogP contribution in [0.5, 0.6) is 0 Å². The predicted octanol–water partition coefficient (Wildman–Crippen LogP) is 4.94. The lowest BCUT2D eigenvalue weighted by atomic mass is 9.86. The Morgan fingerprint density at radius 2 is 1.42 bits per heavy atom. The maximum absolute atomic E-state index is 13.3. The van der Waals surface area contributed by atoms with E-state index in [1.807, 2.05) is 45.8 Å². The number of halogens is 1. The molecule has 4 nitrogen and oxygen atoms in total. The molecule has 2 fully saturated rings. The second-order valence-corrected chi connectivity index (χ2v) is 10.8. The number of carbonyl (C=O) groups is 2. The second-order valence-electron chi connectivity index (χ2n) is 9.38. The van der Waals surface area contributed by atoms with Gasteiger partial charge in [-0.05, 0) is 60.2 Å². The Balaban J connectivity index is 1.45. The van der Waals surface area contributed by atoms with Gasteiger partial charge in [-0.1, -0.05) is 32.9 Å². The fourth-order valence-electron chi connectivity index (χ4n) is 4.41. The van der Waals surface area contributed by atoms with Crippen molar-refractivity contribution in [3.63, 3.8) is 0 Å². The van der Waals surface area contributed by atoms with Crippen molar-refractivity contribution >= 4 is 23.6 Å². The van der Waals surface area contributed by atoms with E-state index in [4.69, 9.17) is 0 Å². The van der Waals surface area contributed by atoms with E-state index in [9.17, 15) is 14.0 Å². The van der Waals surface area contributed by atoms with Gasteiger partial charge in [0.1, 0.15) is 5.82 Å². The van der Waals surface area contributed by atoms with Crippen molar-refractivity contribution in [1.82, 2.24) is 9.80 Å². The number of rotatable bonds is 2. The number of likely N-dealkylation sites (tertiary alicyclic amines) is 1. The summed E-state index contributed by atoms with van der Waals surface area (Å²) in [5.41, 5.74) is 2.49. The number of amides is 2. The summed E-state index contributed by atoms with van der Waals surface area (Å²) in [6.45, 7) is 8.41. The average Bonchev–Trinajstić information content (AvgIpc) is 3.16. The first-order valence-corrected chi connectivity index (χ1v) is 11.8. The topological polar surface area (TPSA) is 40.6 Å². The van der Waals surface area contributed by atoms with Gasteiger partial charge < -0.3 is 9.80 Å². The molecule has 2 saturated heterocycles. The highest BCUT2D eigenvalue weighted by Crippen LogP contribution is 2.44. The minimum absolute atomic E-state index is 0.0518. The van der Waals surface area contributed by atoms with Gasteiger partial charge in [-0.15, -0.1) is 11.8 Å². The van der Waals surface area contributed by atoms with Crippen LogP contribution >= 0.6 is 11.8 Å². The third kappa shape index (κ3) is 4.36. The first-order chi connectivity index (χ1) is 14.7. The van der Waals surface area contributed by atoms with Crippen LogP contribution in [0, 0.1) is 5.82 Å². The number of thioether (sulfide) groups is 1. The average molecular weight is 441 g/mol. The molecule has 1 spiro atoms. The largest absolute Gasteiger partial charge is 0.338 e. The predicted molar refractivity (Wildman–Crippen MR) is 123 cm³/mol. The molecule has 0 N–H and O–H groups in total. The van der Waals surface area contributed by atoms with Gasteiger partial charge in [-0.25, -0.2) is 4.39 Å². The Morgan fingerprint density at radius 3 is 2.00 bits per heavy atom. The summed E-state index contributed by atoms with van der Waals surface area (Å²) in [5.74, 6) is 0.566. The lowest BCUT2D eigenvalue weighted by Gasteiger charge is -2.44. The molecule has 2 aliphatic heterocycles. The molecule has 2 aromatic carbocycles. The van der Waals surface area contributed by atoms with Crippen LogP contribution in [-0.2, 0) is 5.41 Å². The molecule has 0 radical (unpaired) electrons. The van der Waals surface area contributed by atoms with Crippen LogP contribution in [0.3, 0.4) is 0 Å². The third-order valence-corrected chi connectivity index (χ3v) is 7.90. The number of piperidine rings is 1. The number of hydrogen-bond donors (Lipinski definition) is 0. The Morgan fingerprint density at radius 1 is 0.871 bits per heavy atom. The highest BCUT2D eigenvalue weighted by atomic mass is 32.2. The molecule has 2 heterocycles. The van der Waals surface area contributed by atoms with E-state index in [-0.39, 0.29) is 27.9 Å². The molecule has 2 aliphatic rings. The molecular weight excluding hydrogens is 411 g/mol. The zero-order valence-electron chi connectivity index (χ0n) is 18.4. The summed E-state index contributed by atoms with van der Waals surface area (Å²) in [7, 11) is 0. The minimum Gasteiger partial charge on any atom is -0.338 e. The summed E-state index contributed by atoms with van der Waals surface area (Å²) in [5, 5.41) is 0. The van der Waals surface area contributed by atoms with Crippen LogP contribution in [0.4, 0.5) is 4.39 Å². The standard InChI is InChI=1S/C25H29FN2O2S/c1-24(2,3)20-8-4-19(5-9-20)23(30)28-16-17-31-25(28)12-14-27(15-13-25)22(29)18-6-10-21(26)11-7-18/h4-11H,12-17H2,1-3H3. The van der Waals surface area contributed by atoms with E-state index < -0.39 is 0 Å². The maximum Gasteiger partial charge on any atom is 0.254 e. The summed E-state index contributed by atoms with van der Waals surface area (Å²) < 4.78 is 13.2. The molecule has 0 aromatic heterocycles. The lowest BCUT2D eigenvalue weighted by Crippen LogP contribution is -2.53. The number of nitrogens with zero attached hydrogens (tertiary/aromatic N) is 2. The van der Waals surface area contributed by atoms with Gasteiger partial charge in [0.15, 0.2) is 0 Å². The smallest absolute Gasteiger partial charge is 0.254 e. The van der Waals surface area contributed by atoms with Crippen LogP contribution in [0.1, 0.15) is 59.9 Å². The number of hydrogen-bond acceptors (Lipinski definition) is 3. The van der Waals surface area contributed by atoms with Crippen molar-refractivity contribution in [2.24, 2.45) is 0 Å². The minimum atomic E-state index is -0.346. The Labute approximate surface area is 187 Å². The van der Waals surface area contributed by atoms with E-state index in [2.05, 4.69) is 20.8 Å². The lowest BCUT2D eigenvalue weighted by molar-refractivity contribution is 0.0498. The van der Waals surface area contributed by atoms with Crippen molar-refractivity contribution < 1.29 is 14.0 Å². The second kappa shape index (κ2) is 8.30. The van der Waals surface area contributed by atoms with Gasteiger partial charge in [0.2, 0.25) is 0 Å². The van der Waals surface area contributed by atoms with Gasteiger partial charge in [0, 0.05) is 36.5 Å². The number of carbonyl (C=O) groups excluding carboxylic acids is 2. The highest BCUT2D eigenvalue weighted by molar-refractivity contribution is 8.00. The van der Waals surface area contributed by atoms with Gasteiger partial charge in [-0.2, -0.15) is 0 Å². The molecule has 4 rings (SSSR count). The molecule has 0 atom stereocenters. The monoisotopic (exact) mass is 440 g/mol. The highest BCUT2D eigenvalue weighted by Gasteiger charge is 2.47. The zero-order valence-corrected chi connectivity index (χ0v) is 19.2. The van der Waals surface area contributed by atoms with Crippen LogP contribution in [0.25, 0.3) is 0 Å². The first-order valence-electron chi connectivity index (χ1n) is 10.8. The molecular formula is C25H29FN2O2S. The van der Waals surface area contributed by atoms with Gasteiger partial charge in [0.25, 0.3) is 11.8 Å². The Hall–Kier alpha value is -2.34. The van der Waals surface area contributed by atoms with E-state index >= 15 is 0 Å². The molecule has 2 amide bonds. The van der Waals surface area contributed by atoms with Gasteiger partial charge in [-0.3, -0.25) is 9.59 Å². The zero-order chi connectivity index (χ0) is 22.2. The molecule has 2 aromatic rings. The van der Waals surface area contributed by atoms with E-state index in [0.717, 1.165) is 30.7 Å². The first kappa shape index (κ1) is 21.9. The van der Waals surface area contributed by atoms with Crippen LogP contribution in [-0.4, -0.2) is 51.9 Å². The van der Waals surface area contributed by atoms with Crippen molar-refractivity contribution in [1.29, 1.82) is 0 Å². The molecule has 0 bridgehead atoms. The maximum atomic E-state index is 13.3. The molecule has 0 saturated carbocycles. The molecule has 164 valence electrons. The van der Waals surface area contributed by atoms with Crippen LogP contribution in [0.2, 0.25) is 0 Å². The normalized spacial score (nSPS) is 18.5. The fraction of sp³-hybridized carbons (Fsp3) is 0.440. The molecule has 31 heavy (non-hydrogen) atoms. The summed E-state index contributed by atoms with van der Waals surface area (Å²) in [4.78, 5) is 29.7. The SMILES string of the molecule is CC(C)(C)c1ccc(C(=O)N2CCSC23CCN(C(=O)c2ccc(F)cc2)CC3)cc1. The van der Waals surface area contributed by atoms with E-state index in [1.165, 1.54) is 29.8 Å². The Bertz CT molecular complexity index is 959. The third-order valence-electron chi connectivity index (χ3n) is 6.34. The summed E-state index contributed by atoms with van der Waals surface area (Å²) >= 11 is 1.83. The van der Waals surface area contributed by atoms with Crippen molar-refractivity contribution in [3.05, 3.63) is 71.0 Å². The van der Waals surface area contributed by atoms with Crippen molar-refractivity contribution in [2.45, 2.75) is 43.9 Å². The van der Waals surface area contributed by atoms with Crippen LogP contribution in [0.15, 0.2) is 48.5 Å². The van der Waals surface area contributed by atoms with Gasteiger partial charge >= 0.3 is 0 Å². The summed E-state index contributed by atoms with van der Waals surface area (Å²) in [6.07, 6.45) is 1.49. The molecule has 6 heteroatoms. The number of benzene rings is 2. The molecule has 0 unspecified atom stereocenters. The quantitative estimate of drug-likeness (QED) is 0.664. The van der Waals surface area contributed by atoms with Crippen molar-refractivity contribution in [3.8, 4) is 0 Å². The van der Waals surface area contributed by atoms with E-state index in [0.29, 0.717) is 18.7 Å². The van der Waals surface area contributed by atoms with Gasteiger partial charge in [0.05, 0.1) is 4.87 Å². The summed E-state index contributed by atoms with van der Waals surface area (Å²) in [6, 6.07) is 13.7. The fourth-order valence-corrected chi connectivity index (χ4v) is 5.87.